The van der Waals surface area contributed by atoms with Gasteiger partial charge in [-0.1, -0.05) is 36.0 Å². The second-order valence-corrected chi connectivity index (χ2v) is 6.94. The molecule has 2 aromatic rings. The Morgan fingerprint density at radius 3 is 2.77 bits per heavy atom. The minimum Gasteiger partial charge on any atom is -0.334 e. The van der Waals surface area contributed by atoms with Gasteiger partial charge in [-0.25, -0.2) is 9.78 Å². The lowest BCUT2D eigenvalue weighted by Crippen LogP contribution is -2.40. The first-order valence-corrected chi connectivity index (χ1v) is 9.65. The molecule has 0 radical (unpaired) electrons. The fourth-order valence-corrected chi connectivity index (χ4v) is 3.81. The highest BCUT2D eigenvalue weighted by Gasteiger charge is 2.22. The number of carbonyl (C=O) groups excluding carboxylic acids is 2. The van der Waals surface area contributed by atoms with E-state index in [4.69, 9.17) is 4.98 Å². The van der Waals surface area contributed by atoms with Crippen LogP contribution in [0.5, 0.6) is 0 Å². The molecule has 1 aliphatic rings. The number of benzene rings is 1. The Morgan fingerprint density at radius 2 is 2.00 bits per heavy atom. The van der Waals surface area contributed by atoms with Crippen LogP contribution >= 0.6 is 11.8 Å². The van der Waals surface area contributed by atoms with Gasteiger partial charge in [0.25, 0.3) is 0 Å². The quantitative estimate of drug-likeness (QED) is 0.606. The molecule has 0 spiro atoms. The molecule has 0 bridgehead atoms. The summed E-state index contributed by atoms with van der Waals surface area (Å²) in [4.78, 5) is 28.3. The number of amides is 3. The summed E-state index contributed by atoms with van der Waals surface area (Å²) in [6.07, 6.45) is 5.82. The standard InChI is InChI=1S/C19H22N4O2S/c1-2-12-20-18(25)22-17(24)13-26-19-21-15-10-6-7-11-16(15)23(19)14-8-4-3-5-9-14/h2-5,8-9H,1,6-7,10-13H2,(H2,20,22,24,25). The van der Waals surface area contributed by atoms with Gasteiger partial charge in [0.1, 0.15) is 0 Å². The highest BCUT2D eigenvalue weighted by Crippen LogP contribution is 2.30. The number of imidazole rings is 1. The molecular formula is C19H22N4O2S. The molecule has 7 heteroatoms. The SMILES string of the molecule is C=CCNC(=O)NC(=O)CSc1nc2c(n1-c1ccccc1)CCCC2. The van der Waals surface area contributed by atoms with Crippen molar-refractivity contribution in [3.8, 4) is 5.69 Å². The Morgan fingerprint density at radius 1 is 1.23 bits per heavy atom. The van der Waals surface area contributed by atoms with Gasteiger partial charge in [-0.05, 0) is 37.8 Å². The molecule has 0 atom stereocenters. The predicted molar refractivity (Wildman–Crippen MR) is 103 cm³/mol. The van der Waals surface area contributed by atoms with E-state index in [1.54, 1.807) is 6.08 Å². The average Bonchev–Trinajstić information content (AvgIpc) is 3.04. The second kappa shape index (κ2) is 8.71. The monoisotopic (exact) mass is 370 g/mol. The maximum absolute atomic E-state index is 12.0. The maximum atomic E-state index is 12.0. The van der Waals surface area contributed by atoms with Crippen molar-refractivity contribution >= 4 is 23.7 Å². The zero-order chi connectivity index (χ0) is 18.4. The minimum atomic E-state index is -0.513. The third-order valence-electron chi connectivity index (χ3n) is 4.11. The Kier molecular flexibility index (Phi) is 6.12. The molecule has 26 heavy (non-hydrogen) atoms. The summed E-state index contributed by atoms with van der Waals surface area (Å²) in [6.45, 7) is 3.83. The van der Waals surface area contributed by atoms with E-state index in [0.717, 1.165) is 42.2 Å². The Hall–Kier alpha value is -2.54. The first kappa shape index (κ1) is 18.3. The van der Waals surface area contributed by atoms with Gasteiger partial charge >= 0.3 is 6.03 Å². The molecule has 6 nitrogen and oxygen atoms in total. The maximum Gasteiger partial charge on any atom is 0.321 e. The van der Waals surface area contributed by atoms with Crippen LogP contribution in [0.1, 0.15) is 24.2 Å². The van der Waals surface area contributed by atoms with E-state index in [0.29, 0.717) is 6.54 Å². The summed E-state index contributed by atoms with van der Waals surface area (Å²) >= 11 is 1.35. The number of urea groups is 1. The number of fused-ring (bicyclic) bond motifs is 1. The van der Waals surface area contributed by atoms with Crippen LogP contribution in [0.4, 0.5) is 4.79 Å². The minimum absolute atomic E-state index is 0.129. The molecule has 0 saturated heterocycles. The van der Waals surface area contributed by atoms with Crippen LogP contribution in [0.2, 0.25) is 0 Å². The fourth-order valence-electron chi connectivity index (χ4n) is 2.96. The number of thioether (sulfide) groups is 1. The zero-order valence-corrected chi connectivity index (χ0v) is 15.3. The third-order valence-corrected chi connectivity index (χ3v) is 5.05. The molecule has 2 N–H and O–H groups in total. The summed E-state index contributed by atoms with van der Waals surface area (Å²) in [5, 5.41) is 5.63. The van der Waals surface area contributed by atoms with Crippen molar-refractivity contribution < 1.29 is 9.59 Å². The lowest BCUT2D eigenvalue weighted by molar-refractivity contribution is -0.117. The fraction of sp³-hybridized carbons (Fsp3) is 0.316. The first-order valence-electron chi connectivity index (χ1n) is 8.66. The number of aryl methyl sites for hydroxylation is 1. The van der Waals surface area contributed by atoms with E-state index >= 15 is 0 Å². The molecule has 1 heterocycles. The van der Waals surface area contributed by atoms with E-state index in [1.165, 1.54) is 17.5 Å². The van der Waals surface area contributed by atoms with E-state index < -0.39 is 6.03 Å². The van der Waals surface area contributed by atoms with Gasteiger partial charge in [-0.3, -0.25) is 14.7 Å². The number of carbonyl (C=O) groups is 2. The molecular weight excluding hydrogens is 348 g/mol. The van der Waals surface area contributed by atoms with Crippen molar-refractivity contribution in [2.24, 2.45) is 0 Å². The van der Waals surface area contributed by atoms with Crippen LogP contribution in [0.25, 0.3) is 5.69 Å². The van der Waals surface area contributed by atoms with Crippen molar-refractivity contribution in [2.75, 3.05) is 12.3 Å². The van der Waals surface area contributed by atoms with Gasteiger partial charge in [0, 0.05) is 17.9 Å². The summed E-state index contributed by atoms with van der Waals surface area (Å²) in [6, 6.07) is 9.55. The van der Waals surface area contributed by atoms with Gasteiger partial charge in [0.2, 0.25) is 5.91 Å². The smallest absolute Gasteiger partial charge is 0.321 e. The zero-order valence-electron chi connectivity index (χ0n) is 14.5. The van der Waals surface area contributed by atoms with E-state index in [-0.39, 0.29) is 11.7 Å². The molecule has 0 fully saturated rings. The van der Waals surface area contributed by atoms with Crippen LogP contribution in [0, 0.1) is 0 Å². The summed E-state index contributed by atoms with van der Waals surface area (Å²) in [7, 11) is 0. The predicted octanol–water partition coefficient (Wildman–Crippen LogP) is 2.86. The van der Waals surface area contributed by atoms with Crippen LogP contribution in [-0.4, -0.2) is 33.8 Å². The topological polar surface area (TPSA) is 76.0 Å². The normalized spacial score (nSPS) is 12.9. The highest BCUT2D eigenvalue weighted by atomic mass is 32.2. The van der Waals surface area contributed by atoms with Crippen molar-refractivity contribution in [1.82, 2.24) is 20.2 Å². The Bertz CT molecular complexity index is 801. The largest absolute Gasteiger partial charge is 0.334 e. The van der Waals surface area contributed by atoms with Crippen LogP contribution < -0.4 is 10.6 Å². The number of nitrogens with one attached hydrogen (secondary N) is 2. The highest BCUT2D eigenvalue weighted by molar-refractivity contribution is 7.99. The number of imide groups is 1. The number of hydrogen-bond donors (Lipinski definition) is 2. The van der Waals surface area contributed by atoms with Gasteiger partial charge in [0.15, 0.2) is 5.16 Å². The number of nitrogens with zero attached hydrogens (tertiary/aromatic N) is 2. The average molecular weight is 370 g/mol. The van der Waals surface area contributed by atoms with E-state index in [9.17, 15) is 9.59 Å². The molecule has 136 valence electrons. The van der Waals surface area contributed by atoms with Crippen LogP contribution in [0.15, 0.2) is 48.1 Å². The van der Waals surface area contributed by atoms with Gasteiger partial charge in [-0.15, -0.1) is 6.58 Å². The number of para-hydroxylation sites is 1. The van der Waals surface area contributed by atoms with Crippen molar-refractivity contribution in [1.29, 1.82) is 0 Å². The molecule has 3 amide bonds. The number of aromatic nitrogens is 2. The Labute approximate surface area is 157 Å². The van der Waals surface area contributed by atoms with Gasteiger partial charge < -0.3 is 5.32 Å². The number of rotatable bonds is 6. The van der Waals surface area contributed by atoms with E-state index in [2.05, 4.69) is 21.8 Å². The first-order chi connectivity index (χ1) is 12.7. The third kappa shape index (κ3) is 4.35. The van der Waals surface area contributed by atoms with Crippen molar-refractivity contribution in [3.05, 3.63) is 54.4 Å². The molecule has 1 aromatic carbocycles. The molecule has 1 aromatic heterocycles. The molecule has 1 aliphatic carbocycles. The van der Waals surface area contributed by atoms with E-state index in [1.807, 2.05) is 30.3 Å². The van der Waals surface area contributed by atoms with Gasteiger partial charge in [-0.2, -0.15) is 0 Å². The van der Waals surface area contributed by atoms with Crippen molar-refractivity contribution in [3.63, 3.8) is 0 Å². The molecule has 0 saturated carbocycles. The van der Waals surface area contributed by atoms with Crippen LogP contribution in [-0.2, 0) is 17.6 Å². The molecule has 0 aliphatic heterocycles. The van der Waals surface area contributed by atoms with Crippen molar-refractivity contribution in [2.45, 2.75) is 30.8 Å². The summed E-state index contributed by atoms with van der Waals surface area (Å²) < 4.78 is 2.14. The van der Waals surface area contributed by atoms with Crippen LogP contribution in [0.3, 0.4) is 0 Å². The lowest BCUT2D eigenvalue weighted by atomic mass is 10.0. The summed E-state index contributed by atoms with van der Waals surface area (Å²) in [5.41, 5.74) is 3.40. The molecule has 3 rings (SSSR count). The Balaban J connectivity index is 1.73. The number of hydrogen-bond acceptors (Lipinski definition) is 4. The second-order valence-electron chi connectivity index (χ2n) is 6.00. The lowest BCUT2D eigenvalue weighted by Gasteiger charge is -2.15. The van der Waals surface area contributed by atoms with Gasteiger partial charge in [0.05, 0.1) is 11.4 Å². The summed E-state index contributed by atoms with van der Waals surface area (Å²) in [5.74, 6) is -0.221. The molecule has 0 unspecified atom stereocenters.